The number of rotatable bonds is 8. The lowest BCUT2D eigenvalue weighted by Gasteiger charge is -2.16. The lowest BCUT2D eigenvalue weighted by Crippen LogP contribution is -2.28. The molecule has 1 fully saturated rings. The molecule has 1 N–H and O–H groups in total. The molecule has 27 heavy (non-hydrogen) atoms. The Morgan fingerprint density at radius 2 is 1.93 bits per heavy atom. The summed E-state index contributed by atoms with van der Waals surface area (Å²) in [7, 11) is -3.50. The van der Waals surface area contributed by atoms with E-state index in [4.69, 9.17) is 0 Å². The normalized spacial score (nSPS) is 15.1. The molecular formula is C16H20N4O3S4. The maximum absolute atomic E-state index is 12.6. The van der Waals surface area contributed by atoms with Gasteiger partial charge in [-0.2, -0.15) is 4.31 Å². The number of sulfonamides is 1. The van der Waals surface area contributed by atoms with Crippen molar-refractivity contribution in [1.29, 1.82) is 0 Å². The highest BCUT2D eigenvalue weighted by Crippen LogP contribution is 2.28. The molecule has 0 aliphatic carbocycles. The van der Waals surface area contributed by atoms with Crippen molar-refractivity contribution in [2.75, 3.05) is 29.9 Å². The number of anilines is 1. The molecule has 2 heterocycles. The predicted molar refractivity (Wildman–Crippen MR) is 110 cm³/mol. The zero-order valence-electron chi connectivity index (χ0n) is 14.8. The minimum atomic E-state index is -3.50. The second-order valence-electron chi connectivity index (χ2n) is 5.74. The third kappa shape index (κ3) is 5.44. The topological polar surface area (TPSA) is 92.3 Å². The first kappa shape index (κ1) is 20.6. The van der Waals surface area contributed by atoms with Gasteiger partial charge in [0, 0.05) is 18.8 Å². The summed E-state index contributed by atoms with van der Waals surface area (Å²) in [5.74, 6) is 0.904. The number of carbonyl (C=O) groups is 1. The molecule has 0 saturated carbocycles. The van der Waals surface area contributed by atoms with Crippen molar-refractivity contribution in [3.8, 4) is 0 Å². The van der Waals surface area contributed by atoms with Crippen molar-refractivity contribution in [1.82, 2.24) is 14.5 Å². The quantitative estimate of drug-likeness (QED) is 0.625. The van der Waals surface area contributed by atoms with Crippen LogP contribution in [0.15, 0.2) is 37.8 Å². The maximum Gasteiger partial charge on any atom is 0.243 e. The average Bonchev–Trinajstić information content (AvgIpc) is 3.33. The van der Waals surface area contributed by atoms with Crippen LogP contribution in [-0.4, -0.2) is 53.4 Å². The van der Waals surface area contributed by atoms with Gasteiger partial charge in [0.15, 0.2) is 8.68 Å². The SMILES string of the molecule is CCSc1nnc(SCC(=O)Nc2cccc(S(=O)(=O)N3CCCC3)c2)s1. The molecule has 0 spiro atoms. The number of hydrogen-bond donors (Lipinski definition) is 1. The highest BCUT2D eigenvalue weighted by molar-refractivity contribution is 8.03. The molecule has 11 heteroatoms. The van der Waals surface area contributed by atoms with Gasteiger partial charge in [-0.05, 0) is 36.8 Å². The summed E-state index contributed by atoms with van der Waals surface area (Å²) in [6, 6.07) is 6.40. The first-order valence-corrected chi connectivity index (χ1v) is 12.7. The Morgan fingerprint density at radius 1 is 1.22 bits per heavy atom. The van der Waals surface area contributed by atoms with E-state index < -0.39 is 10.0 Å². The molecule has 1 aliphatic heterocycles. The molecule has 2 aromatic rings. The summed E-state index contributed by atoms with van der Waals surface area (Å²) in [6.07, 6.45) is 1.77. The Hall–Kier alpha value is -1.14. The Morgan fingerprint density at radius 3 is 2.63 bits per heavy atom. The van der Waals surface area contributed by atoms with E-state index in [2.05, 4.69) is 15.5 Å². The maximum atomic E-state index is 12.6. The van der Waals surface area contributed by atoms with Gasteiger partial charge in [0.05, 0.1) is 10.6 Å². The fourth-order valence-corrected chi connectivity index (χ4v) is 6.85. The molecule has 0 bridgehead atoms. The summed E-state index contributed by atoms with van der Waals surface area (Å²) in [6.45, 7) is 3.15. The van der Waals surface area contributed by atoms with Crippen molar-refractivity contribution >= 4 is 56.5 Å². The van der Waals surface area contributed by atoms with Crippen LogP contribution in [0.1, 0.15) is 19.8 Å². The van der Waals surface area contributed by atoms with E-state index in [0.717, 1.165) is 27.3 Å². The van der Waals surface area contributed by atoms with Crippen LogP contribution in [0, 0.1) is 0 Å². The number of thioether (sulfide) groups is 2. The third-order valence-electron chi connectivity index (χ3n) is 3.80. The van der Waals surface area contributed by atoms with E-state index in [1.807, 2.05) is 6.92 Å². The number of hydrogen-bond acceptors (Lipinski definition) is 8. The summed E-state index contributed by atoms with van der Waals surface area (Å²) >= 11 is 4.40. The minimum Gasteiger partial charge on any atom is -0.325 e. The minimum absolute atomic E-state index is 0.189. The average molecular weight is 445 g/mol. The highest BCUT2D eigenvalue weighted by atomic mass is 32.2. The Bertz CT molecular complexity index is 895. The number of benzene rings is 1. The fraction of sp³-hybridized carbons (Fsp3) is 0.438. The van der Waals surface area contributed by atoms with E-state index in [0.29, 0.717) is 18.8 Å². The number of nitrogens with one attached hydrogen (secondary N) is 1. The number of aromatic nitrogens is 2. The van der Waals surface area contributed by atoms with E-state index in [1.165, 1.54) is 33.5 Å². The molecule has 1 aromatic heterocycles. The second kappa shape index (κ2) is 9.37. The molecule has 0 atom stereocenters. The lowest BCUT2D eigenvalue weighted by molar-refractivity contribution is -0.113. The molecule has 146 valence electrons. The van der Waals surface area contributed by atoms with Gasteiger partial charge in [-0.1, -0.05) is 47.9 Å². The first-order valence-electron chi connectivity index (χ1n) is 8.48. The zero-order chi connectivity index (χ0) is 19.3. The van der Waals surface area contributed by atoms with Crippen LogP contribution in [0.4, 0.5) is 5.69 Å². The van der Waals surface area contributed by atoms with Crippen molar-refractivity contribution in [3.05, 3.63) is 24.3 Å². The van der Waals surface area contributed by atoms with E-state index >= 15 is 0 Å². The molecule has 7 nitrogen and oxygen atoms in total. The van der Waals surface area contributed by atoms with Gasteiger partial charge in [0.1, 0.15) is 0 Å². The highest BCUT2D eigenvalue weighted by Gasteiger charge is 2.27. The van der Waals surface area contributed by atoms with Gasteiger partial charge in [-0.15, -0.1) is 10.2 Å². The van der Waals surface area contributed by atoms with Gasteiger partial charge >= 0.3 is 0 Å². The molecule has 3 rings (SSSR count). The van der Waals surface area contributed by atoms with Crippen molar-refractivity contribution in [2.24, 2.45) is 0 Å². The van der Waals surface area contributed by atoms with E-state index in [-0.39, 0.29) is 16.6 Å². The van der Waals surface area contributed by atoms with Gasteiger partial charge in [0.25, 0.3) is 0 Å². The standard InChI is InChI=1S/C16H20N4O3S4/c1-2-24-15-18-19-16(26-15)25-11-14(21)17-12-6-5-7-13(10-12)27(22,23)20-8-3-4-9-20/h5-7,10H,2-4,8-9,11H2,1H3,(H,17,21). The molecule has 1 amide bonds. The Kier molecular flexibility index (Phi) is 7.15. The van der Waals surface area contributed by atoms with Crippen molar-refractivity contribution < 1.29 is 13.2 Å². The molecule has 1 saturated heterocycles. The molecule has 1 aromatic carbocycles. The Balaban J connectivity index is 1.59. The zero-order valence-corrected chi connectivity index (χ0v) is 18.0. The summed E-state index contributed by atoms with van der Waals surface area (Å²) in [5.41, 5.74) is 0.473. The number of amides is 1. The van der Waals surface area contributed by atoms with Crippen LogP contribution in [0.3, 0.4) is 0 Å². The third-order valence-corrected chi connectivity index (χ3v) is 8.77. The molecular weight excluding hydrogens is 424 g/mol. The monoisotopic (exact) mass is 444 g/mol. The van der Waals surface area contributed by atoms with Gasteiger partial charge in [0.2, 0.25) is 15.9 Å². The second-order valence-corrected chi connectivity index (χ2v) is 11.4. The Labute approximate surface area is 171 Å². The van der Waals surface area contributed by atoms with E-state index in [9.17, 15) is 13.2 Å². The van der Waals surface area contributed by atoms with Crippen LogP contribution in [0.25, 0.3) is 0 Å². The lowest BCUT2D eigenvalue weighted by atomic mass is 10.3. The molecule has 1 aliphatic rings. The predicted octanol–water partition coefficient (Wildman–Crippen LogP) is 3.17. The number of carbonyl (C=O) groups excluding carboxylic acids is 1. The van der Waals surface area contributed by atoms with Crippen LogP contribution < -0.4 is 5.32 Å². The van der Waals surface area contributed by atoms with Crippen molar-refractivity contribution in [2.45, 2.75) is 33.3 Å². The van der Waals surface area contributed by atoms with Crippen LogP contribution in [0.5, 0.6) is 0 Å². The van der Waals surface area contributed by atoms with Crippen LogP contribution >= 0.6 is 34.9 Å². The smallest absolute Gasteiger partial charge is 0.243 e. The summed E-state index contributed by atoms with van der Waals surface area (Å²) < 4.78 is 28.4. The van der Waals surface area contributed by atoms with Crippen molar-refractivity contribution in [3.63, 3.8) is 0 Å². The number of nitrogens with zero attached hydrogens (tertiary/aromatic N) is 3. The van der Waals surface area contributed by atoms with Gasteiger partial charge < -0.3 is 5.32 Å². The largest absolute Gasteiger partial charge is 0.325 e. The van der Waals surface area contributed by atoms with E-state index in [1.54, 1.807) is 30.0 Å². The van der Waals surface area contributed by atoms with Crippen LogP contribution in [-0.2, 0) is 14.8 Å². The molecule has 0 radical (unpaired) electrons. The first-order chi connectivity index (χ1) is 13.0. The van der Waals surface area contributed by atoms with Gasteiger partial charge in [-0.25, -0.2) is 8.42 Å². The molecule has 0 unspecified atom stereocenters. The fourth-order valence-electron chi connectivity index (χ4n) is 2.57. The summed E-state index contributed by atoms with van der Waals surface area (Å²) in [4.78, 5) is 12.4. The van der Waals surface area contributed by atoms with Gasteiger partial charge in [-0.3, -0.25) is 4.79 Å². The summed E-state index contributed by atoms with van der Waals surface area (Å²) in [5, 5.41) is 10.9. The van der Waals surface area contributed by atoms with Crippen LogP contribution in [0.2, 0.25) is 0 Å².